The van der Waals surface area contributed by atoms with E-state index in [1.54, 1.807) is 0 Å². The van der Waals surface area contributed by atoms with Crippen LogP contribution in [-0.2, 0) is 0 Å². The molecule has 0 aliphatic heterocycles. The van der Waals surface area contributed by atoms with Crippen LogP contribution < -0.4 is 5.73 Å². The summed E-state index contributed by atoms with van der Waals surface area (Å²) in [6.45, 7) is 2.11. The average Bonchev–Trinajstić information content (AvgIpc) is 2.57. The highest BCUT2D eigenvalue weighted by Crippen LogP contribution is 2.12. The monoisotopic (exact) mass is 327 g/mol. The van der Waals surface area contributed by atoms with E-state index in [0.29, 0.717) is 6.42 Å². The van der Waals surface area contributed by atoms with Crippen LogP contribution in [0, 0.1) is 0 Å². The van der Waals surface area contributed by atoms with Crippen molar-refractivity contribution < 1.29 is 10.2 Å². The number of allylic oxidation sites excluding steroid dienone is 1. The van der Waals surface area contributed by atoms with Crippen molar-refractivity contribution in [2.75, 3.05) is 6.61 Å². The number of nitrogens with two attached hydrogens (primary N) is 1. The number of hydrogen-bond acceptors (Lipinski definition) is 3. The summed E-state index contributed by atoms with van der Waals surface area (Å²) in [6.07, 6.45) is 21.6. The maximum atomic E-state index is 9.59. The zero-order valence-electron chi connectivity index (χ0n) is 15.4. The third-order valence-electron chi connectivity index (χ3n) is 4.47. The fraction of sp³-hybridized carbons (Fsp3) is 0.900. The van der Waals surface area contributed by atoms with Crippen LogP contribution in [0.3, 0.4) is 0 Å². The molecule has 4 N–H and O–H groups in total. The maximum absolute atomic E-state index is 9.59. The normalized spacial score (nSPS) is 14.4. The maximum Gasteiger partial charge on any atom is 0.0747 e. The first kappa shape index (κ1) is 22.6. The topological polar surface area (TPSA) is 66.5 Å². The second-order valence-electron chi connectivity index (χ2n) is 6.80. The van der Waals surface area contributed by atoms with E-state index in [1.165, 1.54) is 77.0 Å². The van der Waals surface area contributed by atoms with E-state index in [4.69, 9.17) is 10.8 Å². The van der Waals surface area contributed by atoms with Gasteiger partial charge < -0.3 is 15.9 Å². The van der Waals surface area contributed by atoms with Crippen LogP contribution >= 0.6 is 0 Å². The number of aliphatic hydroxyl groups excluding tert-OH is 2. The molecule has 0 bridgehead atoms. The van der Waals surface area contributed by atoms with Crippen molar-refractivity contribution in [1.29, 1.82) is 0 Å². The van der Waals surface area contributed by atoms with Crippen LogP contribution in [0.15, 0.2) is 12.2 Å². The molecule has 0 aromatic carbocycles. The molecule has 0 saturated heterocycles. The van der Waals surface area contributed by atoms with E-state index in [1.807, 2.05) is 6.08 Å². The van der Waals surface area contributed by atoms with Gasteiger partial charge in [0, 0.05) is 0 Å². The standard InChI is InChI=1S/C20H41NO2/c1-2-3-4-5-6-7-8-9-10-11-12-13-14-15-16-17-20(23)19(21)18-22/h15-16,19-20,22-23H,2-14,17-18,21H2,1H3/b16-15+/t19-,20+/m0/s1. The van der Waals surface area contributed by atoms with Gasteiger partial charge in [0.15, 0.2) is 0 Å². The average molecular weight is 328 g/mol. The van der Waals surface area contributed by atoms with Crippen molar-refractivity contribution in [3.63, 3.8) is 0 Å². The van der Waals surface area contributed by atoms with E-state index >= 15 is 0 Å². The van der Waals surface area contributed by atoms with Gasteiger partial charge in [-0.25, -0.2) is 0 Å². The molecule has 0 aliphatic rings. The molecule has 0 fully saturated rings. The Balaban J connectivity index is 3.18. The van der Waals surface area contributed by atoms with Gasteiger partial charge in [-0.3, -0.25) is 0 Å². The molecule has 0 rings (SSSR count). The molecule has 0 unspecified atom stereocenters. The Bertz CT molecular complexity index is 256. The van der Waals surface area contributed by atoms with E-state index < -0.39 is 12.1 Å². The van der Waals surface area contributed by atoms with Crippen LogP contribution in [0.4, 0.5) is 0 Å². The van der Waals surface area contributed by atoms with Gasteiger partial charge in [0.25, 0.3) is 0 Å². The Morgan fingerprint density at radius 3 is 1.74 bits per heavy atom. The highest BCUT2D eigenvalue weighted by molar-refractivity contribution is 4.87. The summed E-state index contributed by atoms with van der Waals surface area (Å²) in [5.41, 5.74) is 5.54. The molecule has 0 amide bonds. The molecule has 3 heteroatoms. The van der Waals surface area contributed by atoms with Crippen LogP contribution in [-0.4, -0.2) is 29.0 Å². The van der Waals surface area contributed by atoms with Gasteiger partial charge in [-0.05, 0) is 19.3 Å². The second kappa shape index (κ2) is 18.0. The van der Waals surface area contributed by atoms with Crippen LogP contribution in [0.25, 0.3) is 0 Å². The molecule has 0 saturated carbocycles. The van der Waals surface area contributed by atoms with Crippen LogP contribution in [0.5, 0.6) is 0 Å². The zero-order chi connectivity index (χ0) is 17.2. The van der Waals surface area contributed by atoms with E-state index in [0.717, 1.165) is 6.42 Å². The molecule has 0 spiro atoms. The predicted octanol–water partition coefficient (Wildman–Crippen LogP) is 4.70. The van der Waals surface area contributed by atoms with Crippen molar-refractivity contribution in [2.24, 2.45) is 5.73 Å². The van der Waals surface area contributed by atoms with Crippen molar-refractivity contribution in [1.82, 2.24) is 0 Å². The van der Waals surface area contributed by atoms with E-state index in [9.17, 15) is 5.11 Å². The highest BCUT2D eigenvalue weighted by atomic mass is 16.3. The largest absolute Gasteiger partial charge is 0.395 e. The zero-order valence-corrected chi connectivity index (χ0v) is 15.4. The van der Waals surface area contributed by atoms with Crippen molar-refractivity contribution in [3.8, 4) is 0 Å². The molecule has 0 aliphatic carbocycles. The minimum absolute atomic E-state index is 0.159. The van der Waals surface area contributed by atoms with Gasteiger partial charge in [0.05, 0.1) is 18.8 Å². The molecule has 0 aromatic heterocycles. The summed E-state index contributed by atoms with van der Waals surface area (Å²) >= 11 is 0. The first-order chi connectivity index (χ1) is 11.2. The second-order valence-corrected chi connectivity index (χ2v) is 6.80. The minimum Gasteiger partial charge on any atom is -0.395 e. The Labute approximate surface area is 144 Å². The lowest BCUT2D eigenvalue weighted by Gasteiger charge is -2.13. The smallest absolute Gasteiger partial charge is 0.0747 e. The lowest BCUT2D eigenvalue weighted by molar-refractivity contribution is 0.111. The van der Waals surface area contributed by atoms with Gasteiger partial charge in [-0.2, -0.15) is 0 Å². The SMILES string of the molecule is CCCCCCCCCCCCCC/C=C/C[C@@H](O)[C@@H](N)CO. The molecule has 0 heterocycles. The fourth-order valence-electron chi connectivity index (χ4n) is 2.75. The molecule has 23 heavy (non-hydrogen) atoms. The molecule has 3 nitrogen and oxygen atoms in total. The first-order valence-corrected chi connectivity index (χ1v) is 9.91. The molecular weight excluding hydrogens is 286 g/mol. The molecular formula is C20H41NO2. The van der Waals surface area contributed by atoms with Crippen LogP contribution in [0.2, 0.25) is 0 Å². The van der Waals surface area contributed by atoms with Gasteiger partial charge in [-0.15, -0.1) is 0 Å². The Morgan fingerprint density at radius 2 is 1.26 bits per heavy atom. The number of aliphatic hydroxyl groups is 2. The van der Waals surface area contributed by atoms with Crippen molar-refractivity contribution in [3.05, 3.63) is 12.2 Å². The molecule has 0 radical (unpaired) electrons. The van der Waals surface area contributed by atoms with Gasteiger partial charge in [-0.1, -0.05) is 89.7 Å². The third kappa shape index (κ3) is 16.3. The number of unbranched alkanes of at least 4 members (excludes halogenated alkanes) is 12. The Kier molecular flexibility index (Phi) is 17.7. The van der Waals surface area contributed by atoms with Crippen molar-refractivity contribution >= 4 is 0 Å². The molecule has 0 aromatic rings. The first-order valence-electron chi connectivity index (χ1n) is 9.91. The van der Waals surface area contributed by atoms with Gasteiger partial charge in [0.1, 0.15) is 0 Å². The van der Waals surface area contributed by atoms with E-state index in [-0.39, 0.29) is 6.61 Å². The van der Waals surface area contributed by atoms with E-state index in [2.05, 4.69) is 13.0 Å². The molecule has 2 atom stereocenters. The summed E-state index contributed by atoms with van der Waals surface area (Å²) in [5, 5.41) is 18.4. The minimum atomic E-state index is -0.627. The molecule has 138 valence electrons. The third-order valence-corrected chi connectivity index (χ3v) is 4.47. The van der Waals surface area contributed by atoms with Crippen LogP contribution in [0.1, 0.15) is 96.8 Å². The predicted molar refractivity (Wildman–Crippen MR) is 101 cm³/mol. The highest BCUT2D eigenvalue weighted by Gasteiger charge is 2.10. The summed E-state index contributed by atoms with van der Waals surface area (Å²) in [4.78, 5) is 0. The van der Waals surface area contributed by atoms with Gasteiger partial charge in [0.2, 0.25) is 0 Å². The Hall–Kier alpha value is -0.380. The fourth-order valence-corrected chi connectivity index (χ4v) is 2.75. The number of hydrogen-bond donors (Lipinski definition) is 3. The van der Waals surface area contributed by atoms with Crippen molar-refractivity contribution in [2.45, 2.75) is 109 Å². The lowest BCUT2D eigenvalue weighted by Crippen LogP contribution is -2.37. The summed E-state index contributed by atoms with van der Waals surface area (Å²) in [6, 6.07) is -0.522. The summed E-state index contributed by atoms with van der Waals surface area (Å²) < 4.78 is 0. The quantitative estimate of drug-likeness (QED) is 0.268. The van der Waals surface area contributed by atoms with Gasteiger partial charge >= 0.3 is 0 Å². The summed E-state index contributed by atoms with van der Waals surface area (Å²) in [7, 11) is 0. The summed E-state index contributed by atoms with van der Waals surface area (Å²) in [5.74, 6) is 0. The Morgan fingerprint density at radius 1 is 0.783 bits per heavy atom. The number of rotatable bonds is 17. The lowest BCUT2D eigenvalue weighted by atomic mass is 10.0.